The van der Waals surface area contributed by atoms with Gasteiger partial charge in [0.1, 0.15) is 0 Å². The summed E-state index contributed by atoms with van der Waals surface area (Å²) in [6.45, 7) is 4.21. The molecule has 0 spiro atoms. The van der Waals surface area contributed by atoms with Gasteiger partial charge in [-0.3, -0.25) is 0 Å². The van der Waals surface area contributed by atoms with E-state index in [0.29, 0.717) is 11.9 Å². The first-order valence-electron chi connectivity index (χ1n) is 7.00. The van der Waals surface area contributed by atoms with E-state index in [9.17, 15) is 9.90 Å². The average Bonchev–Trinajstić information content (AvgIpc) is 3.23. The molecule has 1 saturated heterocycles. The van der Waals surface area contributed by atoms with Gasteiger partial charge in [-0.1, -0.05) is 6.92 Å². The van der Waals surface area contributed by atoms with E-state index in [1.807, 2.05) is 0 Å². The van der Waals surface area contributed by atoms with Crippen LogP contribution in [-0.2, 0) is 0 Å². The van der Waals surface area contributed by atoms with E-state index >= 15 is 0 Å². The van der Waals surface area contributed by atoms with Crippen LogP contribution >= 0.6 is 0 Å². The van der Waals surface area contributed by atoms with Crippen LogP contribution in [0.4, 0.5) is 5.95 Å². The second-order valence-corrected chi connectivity index (χ2v) is 5.72. The van der Waals surface area contributed by atoms with E-state index in [1.165, 1.54) is 6.20 Å². The zero-order valence-corrected chi connectivity index (χ0v) is 11.2. The van der Waals surface area contributed by atoms with Gasteiger partial charge in [0.05, 0.1) is 11.3 Å². The van der Waals surface area contributed by atoms with Crippen LogP contribution in [0.1, 0.15) is 54.6 Å². The Labute approximate surface area is 112 Å². The lowest BCUT2D eigenvalue weighted by Crippen LogP contribution is -2.34. The molecule has 2 aliphatic rings. The minimum Gasteiger partial charge on any atom is -0.478 e. The second kappa shape index (κ2) is 4.79. The van der Waals surface area contributed by atoms with Crippen LogP contribution < -0.4 is 4.90 Å². The lowest BCUT2D eigenvalue weighted by Gasteiger charge is -2.30. The first kappa shape index (κ1) is 12.4. The molecule has 2 fully saturated rings. The molecule has 2 heterocycles. The van der Waals surface area contributed by atoms with Crippen LogP contribution in [0.5, 0.6) is 0 Å². The highest BCUT2D eigenvalue weighted by Crippen LogP contribution is 2.41. The largest absolute Gasteiger partial charge is 0.478 e. The first-order chi connectivity index (χ1) is 9.15. The molecule has 5 nitrogen and oxygen atoms in total. The lowest BCUT2D eigenvalue weighted by molar-refractivity contribution is 0.0694. The Morgan fingerprint density at radius 3 is 2.58 bits per heavy atom. The number of carboxylic acids is 1. The summed E-state index contributed by atoms with van der Waals surface area (Å²) in [6, 6.07) is 0. The number of hydrogen-bond donors (Lipinski definition) is 1. The maximum Gasteiger partial charge on any atom is 0.339 e. The summed E-state index contributed by atoms with van der Waals surface area (Å²) in [5, 5.41) is 9.18. The van der Waals surface area contributed by atoms with Crippen molar-refractivity contribution in [3.63, 3.8) is 0 Å². The number of rotatable bonds is 3. The normalized spacial score (nSPS) is 20.6. The third kappa shape index (κ3) is 2.55. The van der Waals surface area contributed by atoms with Crippen LogP contribution in [0.15, 0.2) is 6.20 Å². The molecule has 1 aliphatic heterocycles. The molecule has 1 N–H and O–H groups in total. The zero-order valence-electron chi connectivity index (χ0n) is 11.2. The SMILES string of the molecule is CC1CCN(c2ncc(C(=O)O)c(C3CC3)n2)CC1. The number of hydrogen-bond acceptors (Lipinski definition) is 4. The fourth-order valence-corrected chi connectivity index (χ4v) is 2.58. The highest BCUT2D eigenvalue weighted by molar-refractivity contribution is 5.89. The number of aromatic carboxylic acids is 1. The number of carbonyl (C=O) groups is 1. The van der Waals surface area contributed by atoms with Gasteiger partial charge < -0.3 is 10.0 Å². The van der Waals surface area contributed by atoms with Gasteiger partial charge >= 0.3 is 5.97 Å². The summed E-state index contributed by atoms with van der Waals surface area (Å²) >= 11 is 0. The van der Waals surface area contributed by atoms with Crippen molar-refractivity contribution >= 4 is 11.9 Å². The molecule has 0 aromatic carbocycles. The van der Waals surface area contributed by atoms with Gasteiger partial charge in [0.15, 0.2) is 0 Å². The maximum absolute atomic E-state index is 11.2. The molecule has 0 atom stereocenters. The van der Waals surface area contributed by atoms with Crippen molar-refractivity contribution < 1.29 is 9.90 Å². The summed E-state index contributed by atoms with van der Waals surface area (Å²) in [5.41, 5.74) is 1.01. The van der Waals surface area contributed by atoms with Crippen molar-refractivity contribution in [2.45, 2.75) is 38.5 Å². The standard InChI is InChI=1S/C14H19N3O2/c1-9-4-6-17(7-5-9)14-15-8-11(13(18)19)12(16-14)10-2-3-10/h8-10H,2-7H2,1H3,(H,18,19). The van der Waals surface area contributed by atoms with Crippen molar-refractivity contribution in [3.8, 4) is 0 Å². The van der Waals surface area contributed by atoms with Crippen LogP contribution in [0.25, 0.3) is 0 Å². The van der Waals surface area contributed by atoms with Crippen molar-refractivity contribution in [2.75, 3.05) is 18.0 Å². The minimum atomic E-state index is -0.916. The Morgan fingerprint density at radius 2 is 2.00 bits per heavy atom. The zero-order chi connectivity index (χ0) is 13.4. The summed E-state index contributed by atoms with van der Waals surface area (Å²) in [5.74, 6) is 0.883. The van der Waals surface area contributed by atoms with Crippen molar-refractivity contribution in [1.29, 1.82) is 0 Å². The fourth-order valence-electron chi connectivity index (χ4n) is 2.58. The smallest absolute Gasteiger partial charge is 0.339 e. The van der Waals surface area contributed by atoms with E-state index in [1.54, 1.807) is 0 Å². The van der Waals surface area contributed by atoms with E-state index in [-0.39, 0.29) is 5.56 Å². The molecule has 0 radical (unpaired) electrons. The van der Waals surface area contributed by atoms with Gasteiger partial charge in [-0.15, -0.1) is 0 Å². The number of anilines is 1. The van der Waals surface area contributed by atoms with Gasteiger partial charge in [-0.05, 0) is 31.6 Å². The fraction of sp³-hybridized carbons (Fsp3) is 0.643. The number of carboxylic acid groups (broad SMARTS) is 1. The number of nitrogens with zero attached hydrogens (tertiary/aromatic N) is 3. The molecule has 3 rings (SSSR count). The molecule has 0 unspecified atom stereocenters. The molecule has 5 heteroatoms. The topological polar surface area (TPSA) is 66.3 Å². The van der Waals surface area contributed by atoms with Crippen LogP contribution in [-0.4, -0.2) is 34.1 Å². The third-order valence-corrected chi connectivity index (χ3v) is 4.07. The van der Waals surface area contributed by atoms with Gasteiger partial charge in [-0.25, -0.2) is 14.8 Å². The third-order valence-electron chi connectivity index (χ3n) is 4.07. The van der Waals surface area contributed by atoms with E-state index in [4.69, 9.17) is 0 Å². The molecule has 1 saturated carbocycles. The number of aromatic nitrogens is 2. The molecule has 102 valence electrons. The molecule has 1 aliphatic carbocycles. The Balaban J connectivity index is 1.86. The molecule has 0 amide bonds. The summed E-state index contributed by atoms with van der Waals surface area (Å²) in [4.78, 5) is 22.2. The Hall–Kier alpha value is -1.65. The first-order valence-corrected chi connectivity index (χ1v) is 7.00. The number of piperidine rings is 1. The molecular weight excluding hydrogens is 242 g/mol. The maximum atomic E-state index is 11.2. The van der Waals surface area contributed by atoms with Gasteiger partial charge in [0.25, 0.3) is 0 Å². The highest BCUT2D eigenvalue weighted by atomic mass is 16.4. The Morgan fingerprint density at radius 1 is 1.32 bits per heavy atom. The molecule has 1 aromatic rings. The molecule has 0 bridgehead atoms. The monoisotopic (exact) mass is 261 g/mol. The molecule has 19 heavy (non-hydrogen) atoms. The predicted octanol–water partition coefficient (Wildman–Crippen LogP) is 2.29. The Bertz CT molecular complexity index is 491. The van der Waals surface area contributed by atoms with Crippen molar-refractivity contribution in [1.82, 2.24) is 9.97 Å². The molecule has 1 aromatic heterocycles. The summed E-state index contributed by atoms with van der Waals surface area (Å²) in [7, 11) is 0. The van der Waals surface area contributed by atoms with E-state index in [2.05, 4.69) is 21.8 Å². The second-order valence-electron chi connectivity index (χ2n) is 5.72. The van der Waals surface area contributed by atoms with Gasteiger partial charge in [0.2, 0.25) is 5.95 Å². The quantitative estimate of drug-likeness (QED) is 0.904. The van der Waals surface area contributed by atoms with E-state index in [0.717, 1.165) is 50.4 Å². The van der Waals surface area contributed by atoms with Gasteiger partial charge in [-0.2, -0.15) is 0 Å². The summed E-state index contributed by atoms with van der Waals surface area (Å²) in [6.07, 6.45) is 5.89. The van der Waals surface area contributed by atoms with Crippen molar-refractivity contribution in [2.24, 2.45) is 5.92 Å². The summed E-state index contributed by atoms with van der Waals surface area (Å²) < 4.78 is 0. The highest BCUT2D eigenvalue weighted by Gasteiger charge is 2.31. The average molecular weight is 261 g/mol. The van der Waals surface area contributed by atoms with Crippen LogP contribution in [0, 0.1) is 5.92 Å². The minimum absolute atomic E-state index is 0.275. The van der Waals surface area contributed by atoms with Gasteiger partial charge in [0, 0.05) is 25.2 Å². The Kier molecular flexibility index (Phi) is 3.12. The lowest BCUT2D eigenvalue weighted by atomic mass is 10.00. The van der Waals surface area contributed by atoms with Crippen molar-refractivity contribution in [3.05, 3.63) is 17.5 Å². The van der Waals surface area contributed by atoms with Crippen LogP contribution in [0.3, 0.4) is 0 Å². The van der Waals surface area contributed by atoms with Crippen LogP contribution in [0.2, 0.25) is 0 Å². The predicted molar refractivity (Wildman–Crippen MR) is 71.6 cm³/mol. The van der Waals surface area contributed by atoms with E-state index < -0.39 is 5.97 Å². The molecular formula is C14H19N3O2.